The van der Waals surface area contributed by atoms with Gasteiger partial charge in [0.05, 0.1) is 6.10 Å². The second-order valence-electron chi connectivity index (χ2n) is 32.7. The second-order valence-corrected chi connectivity index (χ2v) is 35.4. The minimum atomic E-state index is -0.819. The van der Waals surface area contributed by atoms with Crippen LogP contribution in [0.5, 0.6) is 11.5 Å². The van der Waals surface area contributed by atoms with Crippen molar-refractivity contribution in [2.45, 2.75) is 273 Å². The largest absolute Gasteiger partial charge is 0.504 e. The zero-order valence-corrected chi connectivity index (χ0v) is 55.0. The van der Waals surface area contributed by atoms with E-state index >= 15 is 4.79 Å². The van der Waals surface area contributed by atoms with Crippen LogP contribution in [0.3, 0.4) is 0 Å². The number of ether oxygens (including phenoxy) is 2. The molecule has 9 saturated carbocycles. The fourth-order valence-corrected chi connectivity index (χ4v) is 28.7. The molecule has 6 aliphatic heterocycles. The van der Waals surface area contributed by atoms with Gasteiger partial charge < -0.3 is 35.6 Å². The number of phenolic OH excluding ortho intramolecular Hbond substituents is 1. The molecule has 7 spiro atoms. The van der Waals surface area contributed by atoms with Gasteiger partial charge in [0.2, 0.25) is 5.91 Å². The topological polar surface area (TPSA) is 147 Å². The van der Waals surface area contributed by atoms with E-state index in [1.807, 2.05) is 0 Å². The summed E-state index contributed by atoms with van der Waals surface area (Å²) in [6, 6.07) is 13.1. The maximum absolute atomic E-state index is 15.1. The van der Waals surface area contributed by atoms with E-state index < -0.39 is 17.3 Å². The highest BCUT2D eigenvalue weighted by Gasteiger charge is 2.72. The first-order chi connectivity index (χ1) is 42.0. The molecular formula is C75H106N4O6S2. The lowest BCUT2D eigenvalue weighted by Gasteiger charge is -2.60. The van der Waals surface area contributed by atoms with E-state index in [9.17, 15) is 15.0 Å². The molecule has 1 saturated heterocycles. The van der Waals surface area contributed by atoms with Gasteiger partial charge in [-0.05, 0) is 241 Å². The number of esters is 1. The van der Waals surface area contributed by atoms with Gasteiger partial charge in [-0.15, -0.1) is 0 Å². The molecule has 0 aromatic heterocycles. The van der Waals surface area contributed by atoms with Crippen LogP contribution >= 0.6 is 21.6 Å². The molecule has 2 aromatic rings. The molecule has 10 fully saturated rings. The highest BCUT2D eigenvalue weighted by atomic mass is 33.1. The van der Waals surface area contributed by atoms with E-state index in [2.05, 4.69) is 94.2 Å². The summed E-state index contributed by atoms with van der Waals surface area (Å²) < 4.78 is 14.0. The molecule has 15 unspecified atom stereocenters. The number of aromatic hydroxyl groups is 1. The number of aliphatic imine (C=N–C) groups is 1. The molecule has 10 nitrogen and oxygen atoms in total. The molecule has 15 atom stereocenters. The van der Waals surface area contributed by atoms with Crippen LogP contribution in [0.15, 0.2) is 53.5 Å². The Labute approximate surface area is 529 Å². The average Bonchev–Trinajstić information content (AvgIpc) is 1.54. The number of carbonyl (C=O) groups is 2. The Hall–Kier alpha value is -3.35. The molecule has 16 aliphatic rings. The van der Waals surface area contributed by atoms with Crippen molar-refractivity contribution >= 4 is 39.4 Å². The van der Waals surface area contributed by atoms with Gasteiger partial charge in [-0.2, -0.15) is 0 Å². The number of aliphatic hydroxyl groups excluding tert-OH is 1. The van der Waals surface area contributed by atoms with Crippen molar-refractivity contribution in [3.05, 3.63) is 70.8 Å². The summed E-state index contributed by atoms with van der Waals surface area (Å²) >= 11 is 0. The molecule has 87 heavy (non-hydrogen) atoms. The fourth-order valence-electron chi connectivity index (χ4n) is 24.7. The Kier molecular flexibility index (Phi) is 15.7. The summed E-state index contributed by atoms with van der Waals surface area (Å²) in [6.45, 7) is 7.87. The number of amides is 1. The summed E-state index contributed by atoms with van der Waals surface area (Å²) in [5.41, 5.74) is 11.2. The average molecular weight is 1220 g/mol. The van der Waals surface area contributed by atoms with Gasteiger partial charge in [0.25, 0.3) is 0 Å². The van der Waals surface area contributed by atoms with Crippen LogP contribution in [0.1, 0.15) is 260 Å². The number of fused-ring (bicyclic) bond motifs is 2. The summed E-state index contributed by atoms with van der Waals surface area (Å²) in [6.07, 6.45) is 41.4. The highest BCUT2D eigenvalue weighted by molar-refractivity contribution is 8.77. The first-order valence-corrected chi connectivity index (χ1v) is 38.2. The smallest absolute Gasteiger partial charge is 0.303 e. The molecule has 12 heteroatoms. The van der Waals surface area contributed by atoms with Gasteiger partial charge in [-0.3, -0.25) is 14.6 Å². The number of carbonyl (C=O) groups excluding carboxylic acids is 2. The lowest BCUT2D eigenvalue weighted by atomic mass is 9.45. The Balaban J connectivity index is 0.829. The quantitative estimate of drug-likeness (QED) is 0.130. The van der Waals surface area contributed by atoms with Gasteiger partial charge >= 0.3 is 5.97 Å². The van der Waals surface area contributed by atoms with Gasteiger partial charge in [-0.25, -0.2) is 0 Å². The molecule has 10 aliphatic carbocycles. The van der Waals surface area contributed by atoms with E-state index in [0.29, 0.717) is 79.1 Å². The third kappa shape index (κ3) is 9.76. The predicted octanol–water partition coefficient (Wildman–Crippen LogP) is 16.4. The van der Waals surface area contributed by atoms with Crippen molar-refractivity contribution in [2.75, 3.05) is 18.8 Å². The Morgan fingerprint density at radius 1 is 0.839 bits per heavy atom. The molecule has 474 valence electrons. The van der Waals surface area contributed by atoms with Crippen LogP contribution in [-0.4, -0.2) is 74.0 Å². The number of aryl methyl sites for hydroxylation is 1. The molecule has 18 rings (SSSR count). The molecule has 5 N–H and O–H groups in total. The number of rotatable bonds is 5. The number of nitrogens with two attached hydrogens (primary N) is 1. The van der Waals surface area contributed by atoms with Crippen LogP contribution in [0, 0.1) is 68.5 Å². The Bertz CT molecular complexity index is 2990. The molecule has 6 heterocycles. The Morgan fingerprint density at radius 2 is 1.63 bits per heavy atom. The number of aliphatic hydroxyl groups is 1. The van der Waals surface area contributed by atoms with E-state index in [1.165, 1.54) is 140 Å². The predicted molar refractivity (Wildman–Crippen MR) is 350 cm³/mol. The maximum Gasteiger partial charge on any atom is 0.303 e. The third-order valence-corrected chi connectivity index (χ3v) is 31.9. The van der Waals surface area contributed by atoms with Crippen molar-refractivity contribution in [3.63, 3.8) is 0 Å². The minimum absolute atomic E-state index is 0.0874. The van der Waals surface area contributed by atoms with Gasteiger partial charge in [0.1, 0.15) is 16.1 Å². The number of guanidine groups is 1. The second kappa shape index (κ2) is 22.7. The number of benzene rings is 2. The number of allylic oxidation sites excluding steroid dienone is 1. The zero-order chi connectivity index (χ0) is 59.6. The first-order valence-electron chi connectivity index (χ1n) is 35.9. The van der Waals surface area contributed by atoms with E-state index in [-0.39, 0.29) is 69.0 Å². The normalized spacial score (nSPS) is 41.9. The fraction of sp³-hybridized carbons (Fsp3) is 0.773. The zero-order valence-electron chi connectivity index (χ0n) is 53.4. The summed E-state index contributed by atoms with van der Waals surface area (Å²) in [5.74, 6) is 5.94. The first kappa shape index (κ1) is 59.9. The van der Waals surface area contributed by atoms with Crippen LogP contribution < -0.4 is 15.8 Å². The Morgan fingerprint density at radius 3 is 2.43 bits per heavy atom. The van der Waals surface area contributed by atoms with Crippen molar-refractivity contribution in [2.24, 2.45) is 79.2 Å². The molecule has 1 amide bonds. The van der Waals surface area contributed by atoms with Crippen molar-refractivity contribution in [1.29, 1.82) is 0 Å². The summed E-state index contributed by atoms with van der Waals surface area (Å²) in [5, 5.41) is 30.1. The van der Waals surface area contributed by atoms with Crippen LogP contribution in [-0.2, 0) is 27.3 Å². The maximum atomic E-state index is 15.1. The lowest BCUT2D eigenvalue weighted by Crippen LogP contribution is -2.56. The monoisotopic (exact) mass is 1220 g/mol. The van der Waals surface area contributed by atoms with E-state index in [0.717, 1.165) is 86.3 Å². The van der Waals surface area contributed by atoms with Crippen molar-refractivity contribution in [3.8, 4) is 11.5 Å². The number of hydrogen-bond acceptors (Lipinski definition) is 11. The molecule has 2 aromatic carbocycles. The van der Waals surface area contributed by atoms with Gasteiger partial charge in [0, 0.05) is 78.9 Å². The number of phenols is 1. The molecular weight excluding hydrogens is 1120 g/mol. The summed E-state index contributed by atoms with van der Waals surface area (Å²) in [4.78, 5) is 36.0. The van der Waals surface area contributed by atoms with Crippen LogP contribution in [0.4, 0.5) is 0 Å². The number of hydrogen-bond donors (Lipinski definition) is 4. The van der Waals surface area contributed by atoms with E-state index in [1.54, 1.807) is 6.92 Å². The SMILES string of the molecule is CC(=O)OC12CCc3cc(c(O)c4c3C3C=CC5(CCCC5C3)O4)CN3CC4(CC3=O)C(CCC4c3ccccc3)CN=C(N)NC3(CCCC34CCCC4)SSCC3CCC(CC34CCC3(CCCC3)C43CCC(CCC(C)C)C3)C(CC1)C(O)C2. The van der Waals surface area contributed by atoms with Crippen molar-refractivity contribution in [1.82, 2.24) is 10.2 Å². The number of nitrogens with one attached hydrogen (secondary N) is 1. The number of nitrogens with zero attached hydrogens (tertiary/aromatic N) is 2. The highest BCUT2D eigenvalue weighted by Crippen LogP contribution is 2.80. The standard InChI is InChI=1S/C75H106N4O6S2/c1-49(2)16-17-51-22-36-74(41-51)68(26-7-8-27-68)37-38-72(74)42-55-18-19-59(72)47-86-87-75(32-12-30-69(75)28-9-10-29-69)78-67(76)77-45-58-20-21-61(52-13-5-4-6-14-52)71(58)44-63(82)79(48-71)46-56-39-53(23-33-70(84-50(3)80)34-25-60(55)62(81)43-70)64-54-24-35-73(85-66(64)65(56)83)31-11-15-57(73)40-54/h4-6,13-14,24,35,39,49,51,54-55,57-62,81,83H,7-12,15-23,25-34,36-38,40-48H2,1-3H3,(H3,76,77,78). The lowest BCUT2D eigenvalue weighted by molar-refractivity contribution is -0.173. The van der Waals surface area contributed by atoms with Gasteiger partial charge in [-0.1, -0.05) is 110 Å². The van der Waals surface area contributed by atoms with E-state index in [4.69, 9.17) is 20.2 Å². The third-order valence-electron chi connectivity index (χ3n) is 28.6. The van der Waals surface area contributed by atoms with Gasteiger partial charge in [0.15, 0.2) is 17.5 Å². The summed E-state index contributed by atoms with van der Waals surface area (Å²) in [7, 11) is 4.38. The van der Waals surface area contributed by atoms with Crippen LogP contribution in [0.2, 0.25) is 0 Å². The van der Waals surface area contributed by atoms with Crippen LogP contribution in [0.25, 0.3) is 0 Å². The van der Waals surface area contributed by atoms with Crippen molar-refractivity contribution < 1.29 is 29.3 Å². The minimum Gasteiger partial charge on any atom is -0.504 e. The molecule has 10 bridgehead atoms. The molecule has 0 radical (unpaired) electrons.